The number of rotatable bonds is 1. The first kappa shape index (κ1) is 18.3. The van der Waals surface area contributed by atoms with Gasteiger partial charge in [0.25, 0.3) is 5.91 Å². The van der Waals surface area contributed by atoms with E-state index in [4.69, 9.17) is 16.3 Å². The number of nitrogens with zero attached hydrogens (tertiary/aromatic N) is 1. The zero-order valence-electron chi connectivity index (χ0n) is 16.2. The predicted molar refractivity (Wildman–Crippen MR) is 111 cm³/mol. The average Bonchev–Trinajstić information content (AvgIpc) is 3.25. The number of H-pyrrole nitrogens is 1. The Kier molecular flexibility index (Phi) is 4.00. The van der Waals surface area contributed by atoms with Crippen LogP contribution >= 0.6 is 11.6 Å². The summed E-state index contributed by atoms with van der Waals surface area (Å²) in [5, 5.41) is 1.49. The Hall–Kier alpha value is -2.79. The molecular weight excluding hydrogens is 388 g/mol. The van der Waals surface area contributed by atoms with E-state index >= 15 is 0 Å². The molecule has 1 aromatic heterocycles. The number of aromatic amines is 1. The topological polar surface area (TPSA) is 62.4 Å². The molecule has 29 heavy (non-hydrogen) atoms. The quantitative estimate of drug-likeness (QED) is 0.598. The molecule has 6 heteroatoms. The van der Waals surface area contributed by atoms with E-state index in [1.54, 1.807) is 12.3 Å². The molecule has 3 heterocycles. The molecule has 0 saturated carbocycles. The van der Waals surface area contributed by atoms with Gasteiger partial charge < -0.3 is 14.6 Å². The highest BCUT2D eigenvalue weighted by atomic mass is 35.5. The fourth-order valence-electron chi connectivity index (χ4n) is 5.10. The minimum absolute atomic E-state index is 0.0234. The van der Waals surface area contributed by atoms with Gasteiger partial charge in [-0.3, -0.25) is 4.79 Å². The number of fused-ring (bicyclic) bond motifs is 3. The van der Waals surface area contributed by atoms with Crippen LogP contribution in [0.25, 0.3) is 10.9 Å². The molecule has 1 unspecified atom stereocenters. The normalized spacial score (nSPS) is 26.0. The van der Waals surface area contributed by atoms with Gasteiger partial charge in [-0.1, -0.05) is 49.7 Å². The van der Waals surface area contributed by atoms with E-state index in [2.05, 4.69) is 18.8 Å². The van der Waals surface area contributed by atoms with Gasteiger partial charge in [0.05, 0.1) is 11.1 Å². The van der Waals surface area contributed by atoms with Gasteiger partial charge in [0.1, 0.15) is 5.60 Å². The zero-order chi connectivity index (χ0) is 20.3. The highest BCUT2D eigenvalue weighted by Crippen LogP contribution is 2.50. The Bertz CT molecular complexity index is 1140. The summed E-state index contributed by atoms with van der Waals surface area (Å²) in [6, 6.07) is 13.1. The van der Waals surface area contributed by atoms with Crippen LogP contribution in [0.1, 0.15) is 40.1 Å². The fraction of sp³-hybridized carbons (Fsp3) is 0.304. The largest absolute Gasteiger partial charge is 0.450 e. The molecule has 1 N–H and O–H groups in total. The molecule has 2 aliphatic heterocycles. The van der Waals surface area contributed by atoms with Gasteiger partial charge in [-0.05, 0) is 18.2 Å². The first-order valence-corrected chi connectivity index (χ1v) is 10.2. The van der Waals surface area contributed by atoms with Crippen molar-refractivity contribution in [2.45, 2.75) is 19.4 Å². The molecule has 5 nitrogen and oxygen atoms in total. The van der Waals surface area contributed by atoms with Crippen LogP contribution in [0.15, 0.2) is 48.7 Å². The number of nitrogens with one attached hydrogen (secondary N) is 1. The summed E-state index contributed by atoms with van der Waals surface area (Å²) in [5.74, 6) is -0.345. The molecule has 3 aromatic rings. The summed E-state index contributed by atoms with van der Waals surface area (Å²) >= 11 is 6.06. The second-order valence-corrected chi connectivity index (χ2v) is 8.57. The number of piperidine rings is 1. The van der Waals surface area contributed by atoms with E-state index in [9.17, 15) is 9.59 Å². The third kappa shape index (κ3) is 2.53. The molecular formula is C23H21ClN2O3. The van der Waals surface area contributed by atoms with Gasteiger partial charge in [-0.25, -0.2) is 4.79 Å². The lowest BCUT2D eigenvalue weighted by molar-refractivity contribution is -0.105. The molecule has 5 rings (SSSR count). The first-order chi connectivity index (χ1) is 13.9. The van der Waals surface area contributed by atoms with E-state index < -0.39 is 5.60 Å². The summed E-state index contributed by atoms with van der Waals surface area (Å²) in [5.41, 5.74) is 2.38. The Morgan fingerprint density at radius 2 is 1.90 bits per heavy atom. The SMILES string of the molecule is C[C@@H]1CN(C(=O)c2c[nH]c3cc(Cl)ccc23)C[C@H](C)C12OC(=O)c1ccccc12. The van der Waals surface area contributed by atoms with Crippen molar-refractivity contribution in [2.24, 2.45) is 11.8 Å². The lowest BCUT2D eigenvalue weighted by Gasteiger charge is -2.48. The lowest BCUT2D eigenvalue weighted by Crippen LogP contribution is -2.56. The van der Waals surface area contributed by atoms with E-state index in [1.165, 1.54) is 0 Å². The average molecular weight is 409 g/mol. The van der Waals surface area contributed by atoms with Crippen LogP contribution in [0.2, 0.25) is 5.02 Å². The van der Waals surface area contributed by atoms with Gasteiger partial charge >= 0.3 is 5.97 Å². The third-order valence-electron chi connectivity index (χ3n) is 6.44. The minimum Gasteiger partial charge on any atom is -0.450 e. The molecule has 0 radical (unpaired) electrons. The van der Waals surface area contributed by atoms with E-state index in [1.807, 2.05) is 41.3 Å². The van der Waals surface area contributed by atoms with E-state index in [0.717, 1.165) is 16.5 Å². The summed E-state index contributed by atoms with van der Waals surface area (Å²) < 4.78 is 5.99. The Morgan fingerprint density at radius 3 is 2.66 bits per heavy atom. The maximum atomic E-state index is 13.3. The molecule has 2 aliphatic rings. The highest BCUT2D eigenvalue weighted by Gasteiger charge is 2.56. The number of ether oxygens (including phenoxy) is 1. The van der Waals surface area contributed by atoms with Crippen molar-refractivity contribution in [1.29, 1.82) is 0 Å². The Morgan fingerprint density at radius 1 is 1.17 bits per heavy atom. The molecule has 2 aromatic carbocycles. The number of benzene rings is 2. The van der Waals surface area contributed by atoms with Crippen molar-refractivity contribution in [3.8, 4) is 0 Å². The van der Waals surface area contributed by atoms with E-state index in [0.29, 0.717) is 29.2 Å². The molecule has 1 spiro atoms. The maximum absolute atomic E-state index is 13.3. The Labute approximate surface area is 173 Å². The van der Waals surface area contributed by atoms with Gasteiger partial charge in [0, 0.05) is 52.6 Å². The molecule has 3 atom stereocenters. The van der Waals surface area contributed by atoms with Crippen LogP contribution in [-0.2, 0) is 10.3 Å². The molecule has 1 amide bonds. The molecule has 0 aliphatic carbocycles. The maximum Gasteiger partial charge on any atom is 0.339 e. The van der Waals surface area contributed by atoms with Crippen LogP contribution in [0.3, 0.4) is 0 Å². The van der Waals surface area contributed by atoms with Crippen molar-refractivity contribution in [3.63, 3.8) is 0 Å². The standard InChI is InChI=1S/C23H21ClN2O3/c1-13-11-26(21(27)18-10-25-20-9-15(24)7-8-16(18)20)12-14(2)23(13)19-6-4-3-5-17(19)22(28)29-23/h3-10,13-14,25H,11-12H2,1-2H3/t13-,14+,23?. The van der Waals surface area contributed by atoms with Gasteiger partial charge in [-0.2, -0.15) is 0 Å². The summed E-state index contributed by atoms with van der Waals surface area (Å²) in [7, 11) is 0. The van der Waals surface area contributed by atoms with Crippen LogP contribution in [0.4, 0.5) is 0 Å². The summed E-state index contributed by atoms with van der Waals surface area (Å²) in [4.78, 5) is 30.8. The van der Waals surface area contributed by atoms with Crippen LogP contribution in [0.5, 0.6) is 0 Å². The molecule has 1 saturated heterocycles. The second kappa shape index (κ2) is 6.36. The summed E-state index contributed by atoms with van der Waals surface area (Å²) in [6.45, 7) is 5.15. The number of halogens is 1. The van der Waals surface area contributed by atoms with E-state index in [-0.39, 0.29) is 23.7 Å². The van der Waals surface area contributed by atoms with Crippen molar-refractivity contribution in [2.75, 3.05) is 13.1 Å². The summed E-state index contributed by atoms with van der Waals surface area (Å²) in [6.07, 6.45) is 1.74. The number of hydrogen-bond donors (Lipinski definition) is 1. The molecule has 148 valence electrons. The number of carbonyl (C=O) groups is 2. The fourth-order valence-corrected chi connectivity index (χ4v) is 5.27. The zero-order valence-corrected chi connectivity index (χ0v) is 17.0. The highest BCUT2D eigenvalue weighted by molar-refractivity contribution is 6.31. The molecule has 0 bridgehead atoms. The number of hydrogen-bond acceptors (Lipinski definition) is 3. The smallest absolute Gasteiger partial charge is 0.339 e. The van der Waals surface area contributed by atoms with Crippen molar-refractivity contribution in [3.05, 3.63) is 70.4 Å². The molecule has 1 fully saturated rings. The van der Waals surface area contributed by atoms with Crippen molar-refractivity contribution < 1.29 is 14.3 Å². The number of carbonyl (C=O) groups excluding carboxylic acids is 2. The van der Waals surface area contributed by atoms with Gasteiger partial charge in [0.15, 0.2) is 0 Å². The number of amides is 1. The second-order valence-electron chi connectivity index (χ2n) is 8.13. The number of aromatic nitrogens is 1. The lowest BCUT2D eigenvalue weighted by atomic mass is 9.70. The van der Waals surface area contributed by atoms with Crippen LogP contribution in [0, 0.1) is 11.8 Å². The predicted octanol–water partition coefficient (Wildman–Crippen LogP) is 4.62. The van der Waals surface area contributed by atoms with Crippen molar-refractivity contribution in [1.82, 2.24) is 9.88 Å². The first-order valence-electron chi connectivity index (χ1n) is 9.80. The monoisotopic (exact) mass is 408 g/mol. The van der Waals surface area contributed by atoms with Crippen LogP contribution < -0.4 is 0 Å². The number of likely N-dealkylation sites (tertiary alicyclic amines) is 1. The minimum atomic E-state index is -0.682. The van der Waals surface area contributed by atoms with Crippen molar-refractivity contribution >= 4 is 34.4 Å². The Balaban J connectivity index is 1.48. The van der Waals surface area contributed by atoms with Crippen LogP contribution in [-0.4, -0.2) is 34.8 Å². The van der Waals surface area contributed by atoms with Gasteiger partial charge in [0.2, 0.25) is 0 Å². The number of esters is 1. The van der Waals surface area contributed by atoms with Gasteiger partial charge in [-0.15, -0.1) is 0 Å². The third-order valence-corrected chi connectivity index (χ3v) is 6.68.